The summed E-state index contributed by atoms with van der Waals surface area (Å²) < 4.78 is 0. The molecule has 1 unspecified atom stereocenters. The Morgan fingerprint density at radius 2 is 1.83 bits per heavy atom. The molecule has 4 aromatic rings. The molecule has 1 saturated heterocycles. The van der Waals surface area contributed by atoms with Crippen LogP contribution in [0.5, 0.6) is 0 Å². The van der Waals surface area contributed by atoms with E-state index < -0.39 is 0 Å². The molecule has 144 valence electrons. The molecule has 3 N–H and O–H groups in total. The molecule has 6 heteroatoms. The zero-order chi connectivity index (χ0) is 19.4. The molecule has 3 heterocycles. The maximum absolute atomic E-state index is 12.6. The van der Waals surface area contributed by atoms with Crippen molar-refractivity contribution in [3.63, 3.8) is 0 Å². The molecule has 1 atom stereocenters. The van der Waals surface area contributed by atoms with Crippen LogP contribution in [0.3, 0.4) is 0 Å². The van der Waals surface area contributed by atoms with Gasteiger partial charge in [-0.2, -0.15) is 0 Å². The minimum absolute atomic E-state index is 0.0369. The third-order valence-electron chi connectivity index (χ3n) is 6.01. The molecule has 2 aromatic heterocycles. The fraction of sp³-hybridized carbons (Fsp3) is 0.217. The van der Waals surface area contributed by atoms with Crippen molar-refractivity contribution >= 4 is 22.8 Å². The topological polar surface area (TPSA) is 76.8 Å². The summed E-state index contributed by atoms with van der Waals surface area (Å²) in [4.78, 5) is 25.2. The van der Waals surface area contributed by atoms with Gasteiger partial charge in [0, 0.05) is 24.1 Å². The lowest BCUT2D eigenvalue weighted by Gasteiger charge is -2.23. The number of anilines is 1. The van der Waals surface area contributed by atoms with E-state index in [1.807, 2.05) is 23.1 Å². The first-order chi connectivity index (χ1) is 14.3. The van der Waals surface area contributed by atoms with Crippen LogP contribution in [0, 0.1) is 0 Å². The van der Waals surface area contributed by atoms with Crippen LogP contribution in [0.2, 0.25) is 0 Å². The number of hydrogen-bond acceptors (Lipinski definition) is 2. The second kappa shape index (κ2) is 6.24. The molecule has 0 spiro atoms. The van der Waals surface area contributed by atoms with Gasteiger partial charge in [0.2, 0.25) is 0 Å². The number of nitrogens with zero attached hydrogens (tertiary/aromatic N) is 2. The lowest BCUT2D eigenvalue weighted by Crippen LogP contribution is -2.29. The van der Waals surface area contributed by atoms with E-state index in [1.54, 1.807) is 6.33 Å². The summed E-state index contributed by atoms with van der Waals surface area (Å²) in [7, 11) is 0. The average Bonchev–Trinajstić information content (AvgIpc) is 3.15. The Morgan fingerprint density at radius 3 is 2.66 bits per heavy atom. The molecule has 2 aromatic carbocycles. The van der Waals surface area contributed by atoms with Crippen molar-refractivity contribution in [1.29, 1.82) is 0 Å². The monoisotopic (exact) mass is 383 g/mol. The van der Waals surface area contributed by atoms with Crippen LogP contribution in [0.1, 0.15) is 36.1 Å². The molecule has 0 bridgehead atoms. The Balaban J connectivity index is 1.30. The van der Waals surface area contributed by atoms with Crippen LogP contribution in [0.15, 0.2) is 61.1 Å². The number of benzene rings is 2. The highest BCUT2D eigenvalue weighted by molar-refractivity contribution is 5.97. The molecule has 2 amide bonds. The number of aromatic nitrogens is 3. The number of H-pyrrole nitrogens is 2. The number of amides is 2. The highest BCUT2D eigenvalue weighted by Crippen LogP contribution is 2.40. The van der Waals surface area contributed by atoms with E-state index in [-0.39, 0.29) is 12.1 Å². The Hall–Kier alpha value is -3.54. The molecule has 2 fully saturated rings. The molecule has 1 aliphatic carbocycles. The van der Waals surface area contributed by atoms with Gasteiger partial charge < -0.3 is 15.3 Å². The van der Waals surface area contributed by atoms with Crippen molar-refractivity contribution in [3.8, 4) is 11.1 Å². The number of carbonyl (C=O) groups excluding carboxylic acids is 1. The summed E-state index contributed by atoms with van der Waals surface area (Å²) >= 11 is 0. The van der Waals surface area contributed by atoms with Gasteiger partial charge in [0.15, 0.2) is 0 Å². The predicted octanol–water partition coefficient (Wildman–Crippen LogP) is 4.71. The summed E-state index contributed by atoms with van der Waals surface area (Å²) in [5, 5.41) is 2.98. The Kier molecular flexibility index (Phi) is 3.53. The van der Waals surface area contributed by atoms with E-state index in [9.17, 15) is 4.79 Å². The average molecular weight is 383 g/mol. The highest BCUT2D eigenvalue weighted by Gasteiger charge is 2.33. The van der Waals surface area contributed by atoms with Gasteiger partial charge in [0.05, 0.1) is 23.4 Å². The van der Waals surface area contributed by atoms with E-state index in [0.29, 0.717) is 6.54 Å². The van der Waals surface area contributed by atoms with Gasteiger partial charge >= 0.3 is 6.03 Å². The van der Waals surface area contributed by atoms with Crippen molar-refractivity contribution in [3.05, 3.63) is 72.3 Å². The van der Waals surface area contributed by atoms with Gasteiger partial charge in [0.1, 0.15) is 0 Å². The maximum Gasteiger partial charge on any atom is 0.322 e. The number of urea groups is 1. The summed E-state index contributed by atoms with van der Waals surface area (Å²) in [6, 6.07) is 16.6. The molecule has 1 saturated carbocycles. The van der Waals surface area contributed by atoms with Crippen LogP contribution >= 0.6 is 0 Å². The molecular formula is C23H21N5O. The quantitative estimate of drug-likeness (QED) is 0.477. The van der Waals surface area contributed by atoms with Gasteiger partial charge in [-0.05, 0) is 59.7 Å². The van der Waals surface area contributed by atoms with Crippen molar-refractivity contribution in [1.82, 2.24) is 20.3 Å². The molecule has 1 aliphatic heterocycles. The van der Waals surface area contributed by atoms with E-state index in [1.165, 1.54) is 29.7 Å². The summed E-state index contributed by atoms with van der Waals surface area (Å²) in [6.45, 7) is 0.592. The van der Waals surface area contributed by atoms with Crippen LogP contribution < -0.4 is 10.2 Å². The van der Waals surface area contributed by atoms with Crippen molar-refractivity contribution in [2.24, 2.45) is 0 Å². The van der Waals surface area contributed by atoms with E-state index >= 15 is 0 Å². The number of nitrogens with one attached hydrogen (secondary N) is 3. The molecular weight excluding hydrogens is 362 g/mol. The zero-order valence-electron chi connectivity index (χ0n) is 15.9. The maximum atomic E-state index is 12.6. The lowest BCUT2D eigenvalue weighted by molar-refractivity contribution is 0.251. The second-order valence-corrected chi connectivity index (χ2v) is 7.92. The third-order valence-corrected chi connectivity index (χ3v) is 6.01. The Bertz CT molecular complexity index is 1200. The van der Waals surface area contributed by atoms with Crippen molar-refractivity contribution < 1.29 is 4.79 Å². The standard InChI is InChI=1S/C23H21N5O/c29-23-25-12-22(28(23)18-7-8-19-21(10-18)27-13-26-19)16-5-1-14(2-6-16)17-9-20(24-11-17)15-3-4-15/h1-2,5-11,13,15,22,24H,3-4,12H2,(H,25,29)(H,26,27). The van der Waals surface area contributed by atoms with Gasteiger partial charge in [-0.3, -0.25) is 4.90 Å². The number of aromatic amines is 2. The zero-order valence-corrected chi connectivity index (χ0v) is 15.9. The first-order valence-electron chi connectivity index (χ1n) is 10.0. The summed E-state index contributed by atoms with van der Waals surface area (Å²) in [5.41, 5.74) is 7.57. The molecule has 29 heavy (non-hydrogen) atoms. The smallest absolute Gasteiger partial charge is 0.322 e. The first kappa shape index (κ1) is 16.4. The lowest BCUT2D eigenvalue weighted by atomic mass is 10.0. The molecule has 6 nitrogen and oxygen atoms in total. The van der Waals surface area contributed by atoms with E-state index in [4.69, 9.17) is 0 Å². The number of fused-ring (bicyclic) bond motifs is 1. The highest BCUT2D eigenvalue weighted by atomic mass is 16.2. The minimum Gasteiger partial charge on any atom is -0.364 e. The van der Waals surface area contributed by atoms with Crippen molar-refractivity contribution in [2.75, 3.05) is 11.4 Å². The normalized spacial score (nSPS) is 19.1. The first-order valence-corrected chi connectivity index (χ1v) is 10.0. The summed E-state index contributed by atoms with van der Waals surface area (Å²) in [6.07, 6.45) is 6.35. The Morgan fingerprint density at radius 1 is 0.966 bits per heavy atom. The SMILES string of the molecule is O=C1NCC(c2ccc(-c3c[nH]c(C4CC4)c3)cc2)N1c1ccc2nc[nH]c2c1. The largest absolute Gasteiger partial charge is 0.364 e. The number of carbonyl (C=O) groups is 1. The van der Waals surface area contributed by atoms with Crippen molar-refractivity contribution in [2.45, 2.75) is 24.8 Å². The fourth-order valence-electron chi connectivity index (χ4n) is 4.25. The minimum atomic E-state index is -0.0716. The Labute approximate surface area is 168 Å². The predicted molar refractivity (Wildman–Crippen MR) is 113 cm³/mol. The molecule has 0 radical (unpaired) electrons. The number of hydrogen-bond donors (Lipinski definition) is 3. The van der Waals surface area contributed by atoms with Crippen LogP contribution in [0.25, 0.3) is 22.2 Å². The summed E-state index contributed by atoms with van der Waals surface area (Å²) in [5.74, 6) is 0.722. The van der Waals surface area contributed by atoms with Crippen LogP contribution in [-0.2, 0) is 0 Å². The number of rotatable bonds is 4. The van der Waals surface area contributed by atoms with Crippen LogP contribution in [-0.4, -0.2) is 27.5 Å². The van der Waals surface area contributed by atoms with E-state index in [2.05, 4.69) is 56.8 Å². The van der Waals surface area contributed by atoms with E-state index in [0.717, 1.165) is 28.2 Å². The second-order valence-electron chi connectivity index (χ2n) is 7.92. The molecule has 6 rings (SSSR count). The van der Waals surface area contributed by atoms with Gasteiger partial charge in [-0.1, -0.05) is 24.3 Å². The number of imidazole rings is 1. The van der Waals surface area contributed by atoms with Gasteiger partial charge in [0.25, 0.3) is 0 Å². The van der Waals surface area contributed by atoms with Gasteiger partial charge in [-0.25, -0.2) is 9.78 Å². The van der Waals surface area contributed by atoms with Crippen LogP contribution in [0.4, 0.5) is 10.5 Å². The fourth-order valence-corrected chi connectivity index (χ4v) is 4.25. The third kappa shape index (κ3) is 2.79. The molecule has 2 aliphatic rings. The van der Waals surface area contributed by atoms with Gasteiger partial charge in [-0.15, -0.1) is 0 Å².